The maximum atomic E-state index is 14.0. The van der Waals surface area contributed by atoms with E-state index in [2.05, 4.69) is 10.6 Å². The molecule has 7 nitrogen and oxygen atoms in total. The van der Waals surface area contributed by atoms with E-state index in [1.54, 1.807) is 19.1 Å². The van der Waals surface area contributed by atoms with Gasteiger partial charge in [-0.2, -0.15) is 0 Å². The molecule has 41 heavy (non-hydrogen) atoms. The standard InChI is InChI=1S/C34H38N2O5/c1-20-9-6-7-12-25(20)19-35-34(41)30-24-16-15-23(18-24)29(30)32(39)31(38)27(17-22-10-4-3-5-11-22)36-33(40)26-13-8-14-28(37)21(26)2/h3-14,23-24,27,29-30,32,37,39H,15-19H2,1-2H3,(H,35,41)(H,36,40)/t23?,24?,27-,29?,30-,32?/m0/s1. The van der Waals surface area contributed by atoms with E-state index >= 15 is 0 Å². The number of amides is 2. The average Bonchev–Trinajstić information content (AvgIpc) is 3.60. The summed E-state index contributed by atoms with van der Waals surface area (Å²) in [5.74, 6) is -1.89. The Morgan fingerprint density at radius 3 is 2.37 bits per heavy atom. The van der Waals surface area contributed by atoms with Gasteiger partial charge in [-0.1, -0.05) is 60.7 Å². The second-order valence-electron chi connectivity index (χ2n) is 11.6. The van der Waals surface area contributed by atoms with E-state index in [4.69, 9.17) is 0 Å². The van der Waals surface area contributed by atoms with E-state index in [1.807, 2.05) is 61.5 Å². The molecule has 2 aliphatic rings. The fraction of sp³-hybridized carbons (Fsp3) is 0.382. The maximum Gasteiger partial charge on any atom is 0.252 e. The number of hydrogen-bond donors (Lipinski definition) is 4. The van der Waals surface area contributed by atoms with Gasteiger partial charge in [0.15, 0.2) is 5.78 Å². The highest BCUT2D eigenvalue weighted by Gasteiger charge is 2.55. The third-order valence-electron chi connectivity index (χ3n) is 9.14. The Bertz CT molecular complexity index is 1420. The van der Waals surface area contributed by atoms with Gasteiger partial charge in [0.1, 0.15) is 11.9 Å². The quantitative estimate of drug-likeness (QED) is 0.299. The van der Waals surface area contributed by atoms with Gasteiger partial charge >= 0.3 is 0 Å². The van der Waals surface area contributed by atoms with Crippen molar-refractivity contribution in [2.45, 2.75) is 58.2 Å². The molecule has 4 N–H and O–H groups in total. The summed E-state index contributed by atoms with van der Waals surface area (Å²) in [6, 6.07) is 20.9. The summed E-state index contributed by atoms with van der Waals surface area (Å²) in [6.45, 7) is 4.04. The second-order valence-corrected chi connectivity index (χ2v) is 11.6. The lowest BCUT2D eigenvalue weighted by molar-refractivity contribution is -0.139. The van der Waals surface area contributed by atoms with Crippen molar-refractivity contribution >= 4 is 17.6 Å². The smallest absolute Gasteiger partial charge is 0.252 e. The van der Waals surface area contributed by atoms with E-state index in [0.29, 0.717) is 12.1 Å². The molecule has 2 saturated carbocycles. The monoisotopic (exact) mass is 554 g/mol. The SMILES string of the molecule is Cc1ccccc1CNC(=O)[C@H]1C2CCC(C2)C1C(O)C(=O)[C@H](Cc1ccccc1)NC(=O)c1cccc(O)c1C. The summed E-state index contributed by atoms with van der Waals surface area (Å²) in [4.78, 5) is 40.8. The summed E-state index contributed by atoms with van der Waals surface area (Å²) >= 11 is 0. The lowest BCUT2D eigenvalue weighted by Gasteiger charge is -2.34. The first-order valence-electron chi connectivity index (χ1n) is 14.4. The minimum absolute atomic E-state index is 0.00912. The molecule has 7 heteroatoms. The number of carbonyl (C=O) groups is 3. The molecular weight excluding hydrogens is 516 g/mol. The Balaban J connectivity index is 1.36. The summed E-state index contributed by atoms with van der Waals surface area (Å²) in [5.41, 5.74) is 3.64. The molecule has 2 amide bonds. The van der Waals surface area contributed by atoms with Crippen LogP contribution in [-0.2, 0) is 22.6 Å². The number of benzene rings is 3. The largest absolute Gasteiger partial charge is 0.508 e. The first-order valence-corrected chi connectivity index (χ1v) is 14.4. The first kappa shape index (κ1) is 28.6. The van der Waals surface area contributed by atoms with Crippen molar-refractivity contribution in [1.82, 2.24) is 10.6 Å². The highest BCUT2D eigenvalue weighted by Crippen LogP contribution is 2.53. The van der Waals surface area contributed by atoms with Crippen molar-refractivity contribution in [3.63, 3.8) is 0 Å². The van der Waals surface area contributed by atoms with E-state index in [9.17, 15) is 24.6 Å². The van der Waals surface area contributed by atoms with Gasteiger partial charge in [-0.3, -0.25) is 14.4 Å². The maximum absolute atomic E-state index is 14.0. The zero-order valence-electron chi connectivity index (χ0n) is 23.5. The topological polar surface area (TPSA) is 116 Å². The van der Waals surface area contributed by atoms with Crippen molar-refractivity contribution in [3.8, 4) is 5.75 Å². The van der Waals surface area contributed by atoms with E-state index in [0.717, 1.165) is 36.0 Å². The fourth-order valence-corrected chi connectivity index (χ4v) is 6.86. The summed E-state index contributed by atoms with van der Waals surface area (Å²) in [6.07, 6.45) is 1.41. The van der Waals surface area contributed by atoms with E-state index in [-0.39, 0.29) is 35.5 Å². The van der Waals surface area contributed by atoms with Gasteiger partial charge in [-0.15, -0.1) is 0 Å². The van der Waals surface area contributed by atoms with Gasteiger partial charge in [0.25, 0.3) is 5.91 Å². The minimum atomic E-state index is -1.39. The predicted molar refractivity (Wildman–Crippen MR) is 156 cm³/mol. The number of nitrogens with one attached hydrogen (secondary N) is 2. The molecule has 4 unspecified atom stereocenters. The number of aliphatic hydroxyl groups excluding tert-OH is 1. The second kappa shape index (κ2) is 12.3. The highest BCUT2D eigenvalue weighted by molar-refractivity contribution is 6.00. The predicted octanol–water partition coefficient (Wildman–Crippen LogP) is 4.26. The fourth-order valence-electron chi connectivity index (χ4n) is 6.86. The molecule has 0 heterocycles. The Morgan fingerprint density at radius 2 is 1.61 bits per heavy atom. The molecule has 5 rings (SSSR count). The summed E-state index contributed by atoms with van der Waals surface area (Å²) in [5, 5.41) is 27.6. The number of aromatic hydroxyl groups is 1. The van der Waals surface area contributed by atoms with Crippen LogP contribution < -0.4 is 10.6 Å². The summed E-state index contributed by atoms with van der Waals surface area (Å²) in [7, 11) is 0. The number of rotatable bonds is 10. The Morgan fingerprint density at radius 1 is 0.902 bits per heavy atom. The summed E-state index contributed by atoms with van der Waals surface area (Å²) < 4.78 is 0. The van der Waals surface area contributed by atoms with Crippen molar-refractivity contribution in [2.24, 2.45) is 23.7 Å². The number of aliphatic hydroxyl groups is 1. The van der Waals surface area contributed by atoms with Crippen LogP contribution in [0.5, 0.6) is 5.75 Å². The zero-order chi connectivity index (χ0) is 29.1. The number of aryl methyl sites for hydroxylation is 1. The lowest BCUT2D eigenvalue weighted by Crippen LogP contribution is -2.52. The number of Topliss-reactive ketones (excluding diaryl/α,β-unsaturated/α-hetero) is 1. The van der Waals surface area contributed by atoms with Crippen molar-refractivity contribution in [1.29, 1.82) is 0 Å². The van der Waals surface area contributed by atoms with Crippen LogP contribution in [0.1, 0.15) is 51.9 Å². The average molecular weight is 555 g/mol. The normalized spacial score (nSPS) is 22.6. The first-order chi connectivity index (χ1) is 19.7. The van der Waals surface area contributed by atoms with Crippen LogP contribution in [0, 0.1) is 37.5 Å². The Labute approximate surface area is 241 Å². The van der Waals surface area contributed by atoms with Crippen LogP contribution >= 0.6 is 0 Å². The molecule has 2 bridgehead atoms. The molecule has 0 radical (unpaired) electrons. The Hall–Kier alpha value is -3.97. The van der Waals surface area contributed by atoms with Crippen LogP contribution in [0.2, 0.25) is 0 Å². The molecule has 0 aromatic heterocycles. The van der Waals surface area contributed by atoms with Gasteiger partial charge in [-0.25, -0.2) is 0 Å². The molecule has 3 aromatic rings. The molecule has 3 aromatic carbocycles. The number of ketones is 1. The Kier molecular flexibility index (Phi) is 8.54. The van der Waals surface area contributed by atoms with Crippen molar-refractivity contribution in [3.05, 3.63) is 101 Å². The highest BCUT2D eigenvalue weighted by atomic mass is 16.3. The van der Waals surface area contributed by atoms with Gasteiger partial charge in [-0.05, 0) is 80.2 Å². The van der Waals surface area contributed by atoms with E-state index in [1.165, 1.54) is 6.07 Å². The molecular formula is C34H38N2O5. The molecule has 0 aliphatic heterocycles. The van der Waals surface area contributed by atoms with Crippen molar-refractivity contribution in [2.75, 3.05) is 0 Å². The molecule has 2 aliphatic carbocycles. The minimum Gasteiger partial charge on any atom is -0.508 e. The third-order valence-corrected chi connectivity index (χ3v) is 9.14. The van der Waals surface area contributed by atoms with Crippen LogP contribution in [0.4, 0.5) is 0 Å². The van der Waals surface area contributed by atoms with Gasteiger partial charge < -0.3 is 20.8 Å². The molecule has 214 valence electrons. The van der Waals surface area contributed by atoms with Crippen LogP contribution in [0.25, 0.3) is 0 Å². The number of hydrogen-bond acceptors (Lipinski definition) is 5. The number of carbonyl (C=O) groups excluding carboxylic acids is 3. The number of phenols is 1. The van der Waals surface area contributed by atoms with Gasteiger partial charge in [0.2, 0.25) is 5.91 Å². The lowest BCUT2D eigenvalue weighted by atomic mass is 9.73. The zero-order valence-corrected chi connectivity index (χ0v) is 23.5. The van der Waals surface area contributed by atoms with Crippen molar-refractivity contribution < 1.29 is 24.6 Å². The van der Waals surface area contributed by atoms with E-state index < -0.39 is 35.7 Å². The van der Waals surface area contributed by atoms with Gasteiger partial charge in [0, 0.05) is 29.5 Å². The van der Waals surface area contributed by atoms with Crippen LogP contribution in [0.15, 0.2) is 72.8 Å². The molecule has 0 saturated heterocycles. The number of phenolic OH excluding ortho intramolecular Hbond substituents is 1. The molecule has 0 spiro atoms. The van der Waals surface area contributed by atoms with Gasteiger partial charge in [0.05, 0.1) is 6.04 Å². The molecule has 6 atom stereocenters. The number of fused-ring (bicyclic) bond motifs is 2. The third kappa shape index (κ3) is 6.05. The molecule has 2 fully saturated rings. The van der Waals surface area contributed by atoms with Crippen LogP contribution in [-0.4, -0.2) is 40.0 Å². The van der Waals surface area contributed by atoms with Crippen LogP contribution in [0.3, 0.4) is 0 Å².